The van der Waals surface area contributed by atoms with Crippen LogP contribution >= 0.6 is 0 Å². The van der Waals surface area contributed by atoms with Crippen molar-refractivity contribution >= 4 is 17.5 Å². The Kier molecular flexibility index (Phi) is 6.24. The first kappa shape index (κ1) is 20.9. The van der Waals surface area contributed by atoms with Crippen molar-refractivity contribution in [3.8, 4) is 0 Å². The van der Waals surface area contributed by atoms with Gasteiger partial charge < -0.3 is 10.2 Å². The van der Waals surface area contributed by atoms with Crippen molar-refractivity contribution in [3.05, 3.63) is 47.8 Å². The monoisotopic (exact) mass is 408 g/mol. The Hall–Kier alpha value is -2.84. The van der Waals surface area contributed by atoms with Gasteiger partial charge in [0.05, 0.1) is 23.9 Å². The summed E-state index contributed by atoms with van der Waals surface area (Å²) in [6, 6.07) is 5.12. The number of carbonyl (C=O) groups excluding carboxylic acids is 2. The third kappa shape index (κ3) is 5.16. The molecular weight excluding hydrogens is 385 g/mol. The van der Waals surface area contributed by atoms with Crippen molar-refractivity contribution in [1.29, 1.82) is 0 Å². The number of hydrogen-bond donors (Lipinski definition) is 1. The number of alkyl halides is 3. The zero-order valence-electron chi connectivity index (χ0n) is 16.1. The molecule has 1 N–H and O–H groups in total. The summed E-state index contributed by atoms with van der Waals surface area (Å²) in [4.78, 5) is 26.4. The van der Waals surface area contributed by atoms with Gasteiger partial charge in [0.15, 0.2) is 0 Å². The standard InChI is InChI=1S/C20H23F3N4O2/c1-2-27-13-16(12-24-27)25-19(29)14-7-9-26(10-8-14)18(28)11-15-5-3-4-6-17(15)20(21,22)23/h3-6,12-14H,2,7-11H2,1H3,(H,25,29). The number of likely N-dealkylation sites (tertiary alicyclic amines) is 1. The smallest absolute Gasteiger partial charge is 0.342 e. The Balaban J connectivity index is 1.54. The molecule has 156 valence electrons. The summed E-state index contributed by atoms with van der Waals surface area (Å²) in [6.45, 7) is 3.34. The summed E-state index contributed by atoms with van der Waals surface area (Å²) in [5.41, 5.74) is -0.188. The minimum atomic E-state index is -4.49. The number of benzene rings is 1. The van der Waals surface area contributed by atoms with Gasteiger partial charge in [-0.3, -0.25) is 14.3 Å². The molecule has 2 aromatic rings. The van der Waals surface area contributed by atoms with Crippen molar-refractivity contribution in [3.63, 3.8) is 0 Å². The summed E-state index contributed by atoms with van der Waals surface area (Å²) in [5, 5.41) is 6.92. The van der Waals surface area contributed by atoms with E-state index in [-0.39, 0.29) is 29.7 Å². The van der Waals surface area contributed by atoms with Crippen LogP contribution in [0.15, 0.2) is 36.7 Å². The van der Waals surface area contributed by atoms with Crippen LogP contribution in [0.2, 0.25) is 0 Å². The molecule has 0 aliphatic carbocycles. The van der Waals surface area contributed by atoms with E-state index in [1.54, 1.807) is 17.1 Å². The molecule has 1 aromatic carbocycles. The van der Waals surface area contributed by atoms with Crippen LogP contribution in [0.25, 0.3) is 0 Å². The molecule has 3 rings (SSSR count). The number of hydrogen-bond acceptors (Lipinski definition) is 3. The molecule has 1 aromatic heterocycles. The molecule has 2 heterocycles. The molecule has 0 radical (unpaired) electrons. The van der Waals surface area contributed by atoms with Crippen LogP contribution < -0.4 is 5.32 Å². The van der Waals surface area contributed by atoms with Gasteiger partial charge in [-0.1, -0.05) is 18.2 Å². The number of nitrogens with one attached hydrogen (secondary N) is 1. The minimum Gasteiger partial charge on any atom is -0.342 e. The van der Waals surface area contributed by atoms with Crippen LogP contribution in [0.5, 0.6) is 0 Å². The van der Waals surface area contributed by atoms with Gasteiger partial charge in [-0.25, -0.2) is 0 Å². The molecule has 0 unspecified atom stereocenters. The average Bonchev–Trinajstić information content (AvgIpc) is 3.15. The quantitative estimate of drug-likeness (QED) is 0.825. The highest BCUT2D eigenvalue weighted by Crippen LogP contribution is 2.32. The molecule has 1 fully saturated rings. The van der Waals surface area contributed by atoms with Crippen LogP contribution in [0, 0.1) is 5.92 Å². The normalized spacial score (nSPS) is 15.4. The van der Waals surface area contributed by atoms with E-state index in [0.717, 1.165) is 6.07 Å². The highest BCUT2D eigenvalue weighted by molar-refractivity contribution is 5.92. The number of aryl methyl sites for hydroxylation is 1. The van der Waals surface area contributed by atoms with Gasteiger partial charge >= 0.3 is 6.18 Å². The van der Waals surface area contributed by atoms with Gasteiger partial charge in [0.2, 0.25) is 11.8 Å². The molecule has 0 spiro atoms. The van der Waals surface area contributed by atoms with E-state index in [1.165, 1.54) is 23.1 Å². The van der Waals surface area contributed by atoms with Crippen molar-refractivity contribution in [2.45, 2.75) is 38.9 Å². The Labute approximate surface area is 166 Å². The number of halogens is 3. The van der Waals surface area contributed by atoms with Crippen molar-refractivity contribution < 1.29 is 22.8 Å². The third-order valence-electron chi connectivity index (χ3n) is 5.11. The van der Waals surface area contributed by atoms with Gasteiger partial charge in [-0.15, -0.1) is 0 Å². The maximum atomic E-state index is 13.1. The third-order valence-corrected chi connectivity index (χ3v) is 5.11. The fraction of sp³-hybridized carbons (Fsp3) is 0.450. The lowest BCUT2D eigenvalue weighted by Crippen LogP contribution is -2.42. The van der Waals surface area contributed by atoms with Gasteiger partial charge in [0.1, 0.15) is 0 Å². The van der Waals surface area contributed by atoms with E-state index in [2.05, 4.69) is 10.4 Å². The van der Waals surface area contributed by atoms with E-state index in [9.17, 15) is 22.8 Å². The highest BCUT2D eigenvalue weighted by Gasteiger charge is 2.34. The van der Waals surface area contributed by atoms with Crippen LogP contribution in [0.3, 0.4) is 0 Å². The van der Waals surface area contributed by atoms with E-state index < -0.39 is 11.7 Å². The van der Waals surface area contributed by atoms with Gasteiger partial charge in [-0.2, -0.15) is 18.3 Å². The first-order valence-electron chi connectivity index (χ1n) is 9.54. The molecule has 1 aliphatic rings. The van der Waals surface area contributed by atoms with Crippen LogP contribution in [-0.2, 0) is 28.7 Å². The lowest BCUT2D eigenvalue weighted by molar-refractivity contribution is -0.139. The van der Waals surface area contributed by atoms with Crippen LogP contribution in [0.4, 0.5) is 18.9 Å². The molecule has 9 heteroatoms. The summed E-state index contributed by atoms with van der Waals surface area (Å²) in [7, 11) is 0. The second-order valence-corrected chi connectivity index (χ2v) is 7.06. The maximum absolute atomic E-state index is 13.1. The van der Waals surface area contributed by atoms with Crippen molar-refractivity contribution in [1.82, 2.24) is 14.7 Å². The molecule has 2 amide bonds. The number of nitrogens with zero attached hydrogens (tertiary/aromatic N) is 3. The number of piperidine rings is 1. The van der Waals surface area contributed by atoms with Gasteiger partial charge in [-0.05, 0) is 31.4 Å². The molecule has 29 heavy (non-hydrogen) atoms. The zero-order valence-corrected chi connectivity index (χ0v) is 16.1. The molecule has 6 nitrogen and oxygen atoms in total. The topological polar surface area (TPSA) is 67.2 Å². The minimum absolute atomic E-state index is 0.0298. The number of aromatic nitrogens is 2. The number of amides is 2. The van der Waals surface area contributed by atoms with E-state index in [4.69, 9.17) is 0 Å². The van der Waals surface area contributed by atoms with E-state index >= 15 is 0 Å². The Morgan fingerprint density at radius 3 is 2.52 bits per heavy atom. The zero-order chi connectivity index (χ0) is 21.0. The maximum Gasteiger partial charge on any atom is 0.416 e. The summed E-state index contributed by atoms with van der Waals surface area (Å²) < 4.78 is 41.0. The van der Waals surface area contributed by atoms with Crippen LogP contribution in [0.1, 0.15) is 30.9 Å². The lowest BCUT2D eigenvalue weighted by atomic mass is 9.95. The fourth-order valence-electron chi connectivity index (χ4n) is 3.46. The molecule has 0 saturated carbocycles. The van der Waals surface area contributed by atoms with Crippen molar-refractivity contribution in [2.24, 2.45) is 5.92 Å². The molecule has 1 saturated heterocycles. The predicted molar refractivity (Wildman–Crippen MR) is 101 cm³/mol. The Bertz CT molecular complexity index is 871. The number of rotatable bonds is 5. The fourth-order valence-corrected chi connectivity index (χ4v) is 3.46. The first-order valence-corrected chi connectivity index (χ1v) is 9.54. The van der Waals surface area contributed by atoms with Gasteiger partial charge in [0.25, 0.3) is 0 Å². The second kappa shape index (κ2) is 8.67. The van der Waals surface area contributed by atoms with Crippen molar-refractivity contribution in [2.75, 3.05) is 18.4 Å². The number of carbonyl (C=O) groups is 2. The summed E-state index contributed by atoms with van der Waals surface area (Å²) in [5.74, 6) is -0.730. The predicted octanol–water partition coefficient (Wildman–Crippen LogP) is 3.34. The SMILES string of the molecule is CCn1cc(NC(=O)C2CCN(C(=O)Cc3ccccc3C(F)(F)F)CC2)cn1. The van der Waals surface area contributed by atoms with E-state index in [0.29, 0.717) is 38.2 Å². The van der Waals surface area contributed by atoms with E-state index in [1.807, 2.05) is 6.92 Å². The lowest BCUT2D eigenvalue weighted by Gasteiger charge is -2.31. The Morgan fingerprint density at radius 2 is 1.90 bits per heavy atom. The summed E-state index contributed by atoms with van der Waals surface area (Å²) in [6.07, 6.45) is -0.524. The molecular formula is C20H23F3N4O2. The molecule has 1 aliphatic heterocycles. The number of anilines is 1. The first-order chi connectivity index (χ1) is 13.8. The molecule has 0 bridgehead atoms. The molecule has 0 atom stereocenters. The second-order valence-electron chi connectivity index (χ2n) is 7.06. The highest BCUT2D eigenvalue weighted by atomic mass is 19.4. The largest absolute Gasteiger partial charge is 0.416 e. The average molecular weight is 408 g/mol. The van der Waals surface area contributed by atoms with Crippen LogP contribution in [-0.4, -0.2) is 39.6 Å². The van der Waals surface area contributed by atoms with Gasteiger partial charge in [0, 0.05) is 31.7 Å². The summed E-state index contributed by atoms with van der Waals surface area (Å²) >= 11 is 0. The Morgan fingerprint density at radius 1 is 1.21 bits per heavy atom.